The number of hydrogen-bond donors (Lipinski definition) is 0. The van der Waals surface area contributed by atoms with E-state index in [4.69, 9.17) is 28.4 Å². The van der Waals surface area contributed by atoms with Crippen LogP contribution in [0.15, 0.2) is 121 Å². The van der Waals surface area contributed by atoms with Crippen LogP contribution in [0.25, 0.3) is 44.8 Å². The van der Waals surface area contributed by atoms with Crippen molar-refractivity contribution in [2.45, 2.75) is 0 Å². The summed E-state index contributed by atoms with van der Waals surface area (Å²) in [6.45, 7) is 0.0462. The fourth-order valence-corrected chi connectivity index (χ4v) is 5.67. The highest BCUT2D eigenvalue weighted by atomic mass is 16.7. The number of esters is 2. The van der Waals surface area contributed by atoms with Gasteiger partial charge in [-0.2, -0.15) is 0 Å². The molecule has 0 N–H and O–H groups in total. The van der Waals surface area contributed by atoms with Gasteiger partial charge in [0, 0.05) is 23.3 Å². The zero-order valence-corrected chi connectivity index (χ0v) is 26.7. The maximum atomic E-state index is 12.6. The van der Waals surface area contributed by atoms with Gasteiger partial charge >= 0.3 is 11.9 Å². The van der Waals surface area contributed by atoms with E-state index in [0.29, 0.717) is 34.5 Å². The van der Waals surface area contributed by atoms with Crippen LogP contribution < -0.4 is 28.4 Å². The lowest BCUT2D eigenvalue weighted by molar-refractivity contribution is -0.129. The second-order valence-corrected chi connectivity index (χ2v) is 11.1. The van der Waals surface area contributed by atoms with Crippen molar-refractivity contribution in [1.29, 1.82) is 0 Å². The van der Waals surface area contributed by atoms with Gasteiger partial charge in [0.2, 0.25) is 6.79 Å². The smallest absolute Gasteiger partial charge is 0.336 e. The van der Waals surface area contributed by atoms with Crippen LogP contribution in [0.3, 0.4) is 0 Å². The largest absolute Gasteiger partial charge is 0.497 e. The normalized spacial score (nSPS) is 12.1. The molecule has 0 aliphatic carbocycles. The van der Waals surface area contributed by atoms with Crippen LogP contribution >= 0.6 is 0 Å². The van der Waals surface area contributed by atoms with Gasteiger partial charge in [0.25, 0.3) is 0 Å². The first-order valence-corrected chi connectivity index (χ1v) is 15.4. The predicted octanol–water partition coefficient (Wildman–Crippen LogP) is 8.64. The number of benzene rings is 6. The average Bonchev–Trinajstić information content (AvgIpc) is 3.33. The highest BCUT2D eigenvalue weighted by molar-refractivity contribution is 6.11. The number of carbonyl (C=O) groups excluding carboxylic acids is 2. The van der Waals surface area contributed by atoms with Crippen molar-refractivity contribution >= 4 is 45.6 Å². The molecule has 1 aliphatic rings. The number of carbonyl (C=O) groups is 2. The van der Waals surface area contributed by atoms with Gasteiger partial charge in [0.05, 0.1) is 14.2 Å². The molecule has 0 saturated carbocycles. The molecule has 1 heterocycles. The number of rotatable bonds is 8. The van der Waals surface area contributed by atoms with Gasteiger partial charge in [-0.05, 0) is 118 Å². The summed E-state index contributed by atoms with van der Waals surface area (Å²) in [6, 6.07) is 33.4. The molecular weight excluding hydrogens is 620 g/mol. The van der Waals surface area contributed by atoms with Crippen molar-refractivity contribution in [2.75, 3.05) is 21.0 Å². The first-order chi connectivity index (χ1) is 24.0. The quantitative estimate of drug-likeness (QED) is 0.0919. The van der Waals surface area contributed by atoms with Gasteiger partial charge in [-0.15, -0.1) is 0 Å². The SMILES string of the molecule is COc1ccc(OC(=O)/C=C\c2ccc3ccc4c(c3c2)-c2c(ccc3ccc(/C=C\C(=O)Oc5ccc(OC)cc5)cc23)OCO4)cc1. The summed E-state index contributed by atoms with van der Waals surface area (Å²) in [6.07, 6.45) is 6.23. The maximum absolute atomic E-state index is 12.6. The molecule has 0 saturated heterocycles. The van der Waals surface area contributed by atoms with Crippen LogP contribution in [0.2, 0.25) is 0 Å². The second-order valence-electron chi connectivity index (χ2n) is 11.1. The van der Waals surface area contributed by atoms with Crippen LogP contribution in [0, 0.1) is 0 Å². The molecule has 8 nitrogen and oxygen atoms in total. The van der Waals surface area contributed by atoms with Gasteiger partial charge in [-0.25, -0.2) is 9.59 Å². The molecule has 0 aromatic heterocycles. The lowest BCUT2D eigenvalue weighted by atomic mass is 9.91. The van der Waals surface area contributed by atoms with Crippen LogP contribution in [0.5, 0.6) is 34.5 Å². The maximum Gasteiger partial charge on any atom is 0.336 e. The van der Waals surface area contributed by atoms with Crippen LogP contribution in [0.1, 0.15) is 11.1 Å². The van der Waals surface area contributed by atoms with Crippen LogP contribution in [-0.4, -0.2) is 33.0 Å². The Balaban J connectivity index is 1.22. The molecule has 0 spiro atoms. The lowest BCUT2D eigenvalue weighted by Gasteiger charge is -2.15. The van der Waals surface area contributed by atoms with E-state index in [1.54, 1.807) is 74.9 Å². The monoisotopic (exact) mass is 650 g/mol. The highest BCUT2D eigenvalue weighted by Gasteiger charge is 2.22. The molecule has 8 heteroatoms. The van der Waals surface area contributed by atoms with Gasteiger partial charge in [0.1, 0.15) is 34.5 Å². The van der Waals surface area contributed by atoms with Crippen molar-refractivity contribution in [3.05, 3.63) is 132 Å². The summed E-state index contributed by atoms with van der Waals surface area (Å²) in [4.78, 5) is 25.2. The van der Waals surface area contributed by atoms with Crippen LogP contribution in [0.4, 0.5) is 0 Å². The van der Waals surface area contributed by atoms with E-state index in [1.165, 1.54) is 12.2 Å². The Bertz CT molecular complexity index is 2090. The molecule has 0 bridgehead atoms. The Morgan fingerprint density at radius 1 is 0.531 bits per heavy atom. The summed E-state index contributed by atoms with van der Waals surface area (Å²) in [5.41, 5.74) is 3.34. The minimum Gasteiger partial charge on any atom is -0.497 e. The molecule has 0 radical (unpaired) electrons. The van der Waals surface area contributed by atoms with Crippen molar-refractivity contribution in [2.24, 2.45) is 0 Å². The summed E-state index contributed by atoms with van der Waals surface area (Å²) in [5.74, 6) is 2.52. The Morgan fingerprint density at radius 2 is 0.918 bits per heavy atom. The number of fused-ring (bicyclic) bond motifs is 7. The molecule has 0 amide bonds. The molecule has 6 aromatic rings. The zero-order chi connectivity index (χ0) is 33.7. The van der Waals surface area contributed by atoms with Crippen molar-refractivity contribution in [1.82, 2.24) is 0 Å². The van der Waals surface area contributed by atoms with Gasteiger partial charge in [0.15, 0.2) is 0 Å². The molecular formula is C41H30O8. The summed E-state index contributed by atoms with van der Waals surface area (Å²) in [5, 5.41) is 3.82. The van der Waals surface area contributed by atoms with E-state index in [9.17, 15) is 9.59 Å². The van der Waals surface area contributed by atoms with Crippen molar-refractivity contribution in [3.63, 3.8) is 0 Å². The minimum atomic E-state index is -0.501. The topological polar surface area (TPSA) is 89.5 Å². The van der Waals surface area contributed by atoms with Gasteiger partial charge < -0.3 is 28.4 Å². The summed E-state index contributed by atoms with van der Waals surface area (Å²) < 4.78 is 33.4. The Morgan fingerprint density at radius 3 is 1.33 bits per heavy atom. The van der Waals surface area contributed by atoms with Gasteiger partial charge in [-0.3, -0.25) is 0 Å². The Hall–Kier alpha value is -6.54. The zero-order valence-electron chi connectivity index (χ0n) is 26.7. The molecule has 49 heavy (non-hydrogen) atoms. The summed E-state index contributed by atoms with van der Waals surface area (Å²) in [7, 11) is 3.15. The molecule has 7 rings (SSSR count). The molecule has 0 atom stereocenters. The standard InChI is InChI=1S/C41H30O8/c1-44-30-11-15-32(16-12-30)48-38(42)21-5-26-3-7-28-9-19-36-40(34(28)23-26)41-35-24-27(4-8-29(35)10-20-37(41)47-25-46-36)6-22-39(43)49-33-17-13-31(45-2)14-18-33/h3-24H,25H2,1-2H3/b21-5-,22-6-. The van der Waals surface area contributed by atoms with E-state index >= 15 is 0 Å². The van der Waals surface area contributed by atoms with E-state index < -0.39 is 11.9 Å². The third-order valence-electron chi connectivity index (χ3n) is 8.07. The molecule has 6 aromatic carbocycles. The predicted molar refractivity (Wildman–Crippen MR) is 188 cm³/mol. The Kier molecular flexibility index (Phi) is 8.67. The average molecular weight is 651 g/mol. The van der Waals surface area contributed by atoms with E-state index in [-0.39, 0.29) is 6.79 Å². The molecule has 0 fully saturated rings. The number of methoxy groups -OCH3 is 2. The van der Waals surface area contributed by atoms with Gasteiger partial charge in [-0.1, -0.05) is 36.4 Å². The first kappa shape index (κ1) is 31.1. The molecule has 242 valence electrons. The fourth-order valence-electron chi connectivity index (χ4n) is 5.67. The summed E-state index contributed by atoms with van der Waals surface area (Å²) >= 11 is 0. The number of ether oxygens (including phenoxy) is 6. The third kappa shape index (κ3) is 6.80. The Labute approximate surface area is 282 Å². The highest BCUT2D eigenvalue weighted by Crippen LogP contribution is 2.47. The van der Waals surface area contributed by atoms with E-state index in [1.807, 2.05) is 60.7 Å². The van der Waals surface area contributed by atoms with Crippen molar-refractivity contribution < 1.29 is 38.0 Å². The second kappa shape index (κ2) is 13.7. The van der Waals surface area contributed by atoms with Crippen LogP contribution in [-0.2, 0) is 9.59 Å². The molecule has 0 unspecified atom stereocenters. The minimum absolute atomic E-state index is 0.0462. The van der Waals surface area contributed by atoms with E-state index in [0.717, 1.165) is 43.8 Å². The fraction of sp³-hybridized carbons (Fsp3) is 0.0732. The van der Waals surface area contributed by atoms with E-state index in [2.05, 4.69) is 0 Å². The third-order valence-corrected chi connectivity index (χ3v) is 8.07. The first-order valence-electron chi connectivity index (χ1n) is 15.4. The number of hydrogen-bond acceptors (Lipinski definition) is 8. The van der Waals surface area contributed by atoms with Crippen molar-refractivity contribution in [3.8, 4) is 45.6 Å². The molecule has 1 aliphatic heterocycles. The lowest BCUT2D eigenvalue weighted by Crippen LogP contribution is -2.03.